The van der Waals surface area contributed by atoms with E-state index in [1.807, 2.05) is 12.1 Å². The van der Waals surface area contributed by atoms with Crippen molar-refractivity contribution in [3.05, 3.63) is 63.6 Å². The maximum absolute atomic E-state index is 11.2. The molecular formula is C18H11N5O4S. The van der Waals surface area contributed by atoms with Gasteiger partial charge in [0.15, 0.2) is 16.0 Å². The topological polar surface area (TPSA) is 127 Å². The van der Waals surface area contributed by atoms with Crippen LogP contribution in [-0.4, -0.2) is 21.4 Å². The molecule has 0 radical (unpaired) electrons. The molecule has 2 heterocycles. The lowest BCUT2D eigenvalue weighted by Crippen LogP contribution is -2.18. The third-order valence-corrected chi connectivity index (χ3v) is 5.06. The van der Waals surface area contributed by atoms with Gasteiger partial charge in [0, 0.05) is 6.07 Å². The summed E-state index contributed by atoms with van der Waals surface area (Å²) in [6, 6.07) is 13.1. The van der Waals surface area contributed by atoms with Crippen LogP contribution in [0.2, 0.25) is 0 Å². The van der Waals surface area contributed by atoms with Gasteiger partial charge in [0.1, 0.15) is 11.8 Å². The van der Waals surface area contributed by atoms with Gasteiger partial charge in [0.2, 0.25) is 11.6 Å². The number of hydrogen-bond acceptors (Lipinski definition) is 8. The molecule has 2 aromatic carbocycles. The number of benzene rings is 2. The Balaban J connectivity index is 1.95. The summed E-state index contributed by atoms with van der Waals surface area (Å²) in [6.07, 6.45) is 0. The molecule has 138 valence electrons. The Hall–Kier alpha value is -3.97. The summed E-state index contributed by atoms with van der Waals surface area (Å²) in [5, 5.41) is 29.2. The molecule has 0 saturated carbocycles. The molecule has 0 unspecified atom stereocenters. The van der Waals surface area contributed by atoms with Crippen molar-refractivity contribution < 1.29 is 14.4 Å². The van der Waals surface area contributed by atoms with Crippen LogP contribution in [0.1, 0.15) is 5.56 Å². The minimum atomic E-state index is -0.581. The predicted molar refractivity (Wildman–Crippen MR) is 101 cm³/mol. The van der Waals surface area contributed by atoms with Gasteiger partial charge >= 0.3 is 5.69 Å². The summed E-state index contributed by atoms with van der Waals surface area (Å²) in [6.45, 7) is 0. The van der Waals surface area contributed by atoms with E-state index in [1.54, 1.807) is 25.3 Å². The summed E-state index contributed by atoms with van der Waals surface area (Å²) in [5.41, 5.74) is 0.212. The molecule has 2 aromatic heterocycles. The van der Waals surface area contributed by atoms with Crippen LogP contribution in [0.25, 0.3) is 15.2 Å². The highest BCUT2D eigenvalue weighted by Gasteiger charge is 2.20. The second kappa shape index (κ2) is 6.64. The molecule has 0 fully saturated rings. The average Bonchev–Trinajstić information content (AvgIpc) is 3.06. The van der Waals surface area contributed by atoms with Crippen molar-refractivity contribution in [2.45, 2.75) is 0 Å². The van der Waals surface area contributed by atoms with Gasteiger partial charge in [-0.1, -0.05) is 23.5 Å². The van der Waals surface area contributed by atoms with E-state index in [1.165, 1.54) is 33.9 Å². The van der Waals surface area contributed by atoms with E-state index in [2.05, 4.69) is 4.98 Å². The number of para-hydroxylation sites is 2. The highest BCUT2D eigenvalue weighted by atomic mass is 32.1. The lowest BCUT2D eigenvalue weighted by molar-refractivity contribution is -0.385. The molecule has 9 nitrogen and oxygen atoms in total. The second-order valence-corrected chi connectivity index (χ2v) is 6.64. The van der Waals surface area contributed by atoms with Crippen LogP contribution in [-0.2, 0) is 0 Å². The normalized spacial score (nSPS) is 10.7. The van der Waals surface area contributed by atoms with E-state index < -0.39 is 4.92 Å². The Morgan fingerprint density at radius 2 is 2.11 bits per heavy atom. The van der Waals surface area contributed by atoms with Crippen molar-refractivity contribution in [3.8, 4) is 23.4 Å². The number of methoxy groups -OCH3 is 1. The van der Waals surface area contributed by atoms with Gasteiger partial charge in [-0.05, 0) is 24.3 Å². The number of nitro groups is 1. The Bertz CT molecular complexity index is 1350. The van der Waals surface area contributed by atoms with E-state index in [9.17, 15) is 15.4 Å². The number of thiazole rings is 1. The molecule has 0 aliphatic carbocycles. The van der Waals surface area contributed by atoms with Crippen LogP contribution in [0.15, 0.2) is 42.5 Å². The van der Waals surface area contributed by atoms with Crippen LogP contribution in [0.3, 0.4) is 0 Å². The van der Waals surface area contributed by atoms with Gasteiger partial charge in [0.05, 0.1) is 22.2 Å². The van der Waals surface area contributed by atoms with E-state index >= 15 is 0 Å². The molecule has 4 rings (SSSR count). The minimum absolute atomic E-state index is 0.0527. The third kappa shape index (κ3) is 2.70. The van der Waals surface area contributed by atoms with E-state index in [0.29, 0.717) is 16.2 Å². The van der Waals surface area contributed by atoms with Crippen LogP contribution < -0.4 is 15.0 Å². The number of aromatic nitrogens is 2. The van der Waals surface area contributed by atoms with Crippen LogP contribution >= 0.6 is 11.3 Å². The molecule has 0 bridgehead atoms. The fourth-order valence-corrected chi connectivity index (χ4v) is 3.80. The standard InChI is InChI=1S/C18H11N5O4S/c1-26-10-6-7-13-15(8-10)28-18-21-17(11(9-19)16(20)22(13)18)27-14-5-3-2-4-12(14)23(24)25/h2-8,20H,1H3. The highest BCUT2D eigenvalue weighted by molar-refractivity contribution is 7.23. The van der Waals surface area contributed by atoms with Crippen molar-refractivity contribution >= 4 is 32.2 Å². The number of fused-ring (bicyclic) bond motifs is 3. The summed E-state index contributed by atoms with van der Waals surface area (Å²) in [5.74, 6) is 0.450. The maximum atomic E-state index is 11.2. The molecule has 10 heteroatoms. The zero-order valence-electron chi connectivity index (χ0n) is 14.4. The minimum Gasteiger partial charge on any atom is -0.497 e. The fourth-order valence-electron chi connectivity index (χ4n) is 2.75. The first-order valence-corrected chi connectivity index (χ1v) is 8.74. The smallest absolute Gasteiger partial charge is 0.311 e. The number of nitriles is 1. The summed E-state index contributed by atoms with van der Waals surface area (Å²) in [4.78, 5) is 15.4. The fraction of sp³-hybridized carbons (Fsp3) is 0.0556. The molecule has 0 spiro atoms. The quantitative estimate of drug-likeness (QED) is 0.417. The highest BCUT2D eigenvalue weighted by Crippen LogP contribution is 2.33. The van der Waals surface area contributed by atoms with Gasteiger partial charge in [-0.2, -0.15) is 10.2 Å². The molecule has 0 aliphatic heterocycles. The molecule has 0 amide bonds. The summed E-state index contributed by atoms with van der Waals surface area (Å²) >= 11 is 1.29. The zero-order chi connectivity index (χ0) is 19.8. The van der Waals surface area contributed by atoms with Gasteiger partial charge in [-0.25, -0.2) is 0 Å². The number of rotatable bonds is 4. The molecule has 28 heavy (non-hydrogen) atoms. The number of hydrogen-bond donors (Lipinski definition) is 1. The van der Waals surface area contributed by atoms with Gasteiger partial charge in [-0.15, -0.1) is 0 Å². The van der Waals surface area contributed by atoms with E-state index in [0.717, 1.165) is 4.70 Å². The van der Waals surface area contributed by atoms with Gasteiger partial charge in [-0.3, -0.25) is 19.9 Å². The molecule has 4 aromatic rings. The first-order chi connectivity index (χ1) is 13.5. The van der Waals surface area contributed by atoms with E-state index in [-0.39, 0.29) is 28.4 Å². The molecular weight excluding hydrogens is 382 g/mol. The number of nitro benzene ring substituents is 1. The lowest BCUT2D eigenvalue weighted by Gasteiger charge is -2.08. The number of nitrogens with one attached hydrogen (secondary N) is 1. The van der Waals surface area contributed by atoms with Crippen molar-refractivity contribution in [2.75, 3.05) is 7.11 Å². The SMILES string of the molecule is COc1ccc2c(c1)sc1nc(Oc3ccccc3[N+](=O)[O-])c(C#N)c(=N)n12. The van der Waals surface area contributed by atoms with Gasteiger partial charge in [0.25, 0.3) is 0 Å². The molecule has 1 N–H and O–H groups in total. The van der Waals surface area contributed by atoms with Crippen LogP contribution in [0.5, 0.6) is 17.4 Å². The van der Waals surface area contributed by atoms with E-state index in [4.69, 9.17) is 14.9 Å². The molecule has 0 atom stereocenters. The largest absolute Gasteiger partial charge is 0.497 e. The Kier molecular flexibility index (Phi) is 4.14. The second-order valence-electron chi connectivity index (χ2n) is 5.63. The average molecular weight is 393 g/mol. The number of nitrogens with zero attached hydrogens (tertiary/aromatic N) is 4. The summed E-state index contributed by atoms with van der Waals surface area (Å²) < 4.78 is 13.2. The summed E-state index contributed by atoms with van der Waals surface area (Å²) in [7, 11) is 1.56. The van der Waals surface area contributed by atoms with Gasteiger partial charge < -0.3 is 9.47 Å². The lowest BCUT2D eigenvalue weighted by atomic mass is 10.3. The van der Waals surface area contributed by atoms with Crippen molar-refractivity contribution in [1.82, 2.24) is 9.38 Å². The number of ether oxygens (including phenoxy) is 2. The molecule has 0 saturated heterocycles. The zero-order valence-corrected chi connectivity index (χ0v) is 15.2. The predicted octanol–water partition coefficient (Wildman–Crippen LogP) is 3.61. The Morgan fingerprint density at radius 3 is 2.82 bits per heavy atom. The van der Waals surface area contributed by atoms with Crippen LogP contribution in [0, 0.1) is 26.9 Å². The van der Waals surface area contributed by atoms with Crippen molar-refractivity contribution in [1.29, 1.82) is 10.7 Å². The first-order valence-electron chi connectivity index (χ1n) is 7.92. The van der Waals surface area contributed by atoms with Crippen molar-refractivity contribution in [2.24, 2.45) is 0 Å². The Morgan fingerprint density at radius 1 is 1.32 bits per heavy atom. The van der Waals surface area contributed by atoms with Crippen LogP contribution in [0.4, 0.5) is 5.69 Å². The maximum Gasteiger partial charge on any atom is 0.311 e. The third-order valence-electron chi connectivity index (χ3n) is 4.05. The Labute approximate surface area is 161 Å². The molecule has 0 aliphatic rings. The monoisotopic (exact) mass is 393 g/mol. The van der Waals surface area contributed by atoms with Crippen molar-refractivity contribution in [3.63, 3.8) is 0 Å². The first kappa shape index (κ1) is 17.4.